The minimum absolute atomic E-state index is 0.0539. The summed E-state index contributed by atoms with van der Waals surface area (Å²) in [7, 11) is -0.111. The molecule has 2 aromatic rings. The van der Waals surface area contributed by atoms with Crippen LogP contribution < -0.4 is 4.74 Å². The van der Waals surface area contributed by atoms with Gasteiger partial charge < -0.3 is 14.4 Å². The quantitative estimate of drug-likeness (QED) is 0.720. The Labute approximate surface area is 157 Å². The molecule has 1 heterocycles. The van der Waals surface area contributed by atoms with Gasteiger partial charge in [0, 0.05) is 13.1 Å². The molecule has 2 aromatic carbocycles. The molecular weight excluding hydrogens is 370 g/mol. The maximum atomic E-state index is 12.5. The third-order valence-electron chi connectivity index (χ3n) is 4.76. The van der Waals surface area contributed by atoms with Gasteiger partial charge in [0.25, 0.3) is 5.91 Å². The van der Waals surface area contributed by atoms with Crippen molar-refractivity contribution in [2.24, 2.45) is 0 Å². The number of sulfone groups is 1. The number of hydrogen-bond donors (Lipinski definition) is 0. The van der Waals surface area contributed by atoms with Gasteiger partial charge >= 0.3 is 5.97 Å². The molecule has 1 amide bonds. The van der Waals surface area contributed by atoms with Crippen LogP contribution in [0.3, 0.4) is 0 Å². The van der Waals surface area contributed by atoms with E-state index in [9.17, 15) is 18.0 Å². The fourth-order valence-corrected chi connectivity index (χ4v) is 4.91. The standard InChI is InChI=1S/C19H21NO6S/c1-20(15-7-8-27(23,24)12-15)18(21)11-26-19(22)16-9-13-5-3-4-6-14(13)10-17(16)25-2/h3-6,9-10,15H,7-8,11-12H2,1-2H3/t15-/m1/s1. The molecule has 1 saturated heterocycles. The summed E-state index contributed by atoms with van der Waals surface area (Å²) in [5.74, 6) is -0.726. The lowest BCUT2D eigenvalue weighted by atomic mass is 10.1. The smallest absolute Gasteiger partial charge is 0.342 e. The van der Waals surface area contributed by atoms with E-state index in [2.05, 4.69) is 0 Å². The van der Waals surface area contributed by atoms with Gasteiger partial charge in [-0.2, -0.15) is 0 Å². The number of carbonyl (C=O) groups excluding carboxylic acids is 2. The first-order chi connectivity index (χ1) is 12.8. The fraction of sp³-hybridized carbons (Fsp3) is 0.368. The van der Waals surface area contributed by atoms with Crippen molar-refractivity contribution < 1.29 is 27.5 Å². The highest BCUT2D eigenvalue weighted by molar-refractivity contribution is 7.91. The van der Waals surface area contributed by atoms with E-state index in [0.29, 0.717) is 12.2 Å². The topological polar surface area (TPSA) is 90.0 Å². The van der Waals surface area contributed by atoms with Crippen molar-refractivity contribution in [3.8, 4) is 5.75 Å². The van der Waals surface area contributed by atoms with Crippen molar-refractivity contribution in [1.29, 1.82) is 0 Å². The molecule has 144 valence electrons. The lowest BCUT2D eigenvalue weighted by Gasteiger charge is -2.23. The lowest BCUT2D eigenvalue weighted by Crippen LogP contribution is -2.40. The molecule has 1 aliphatic heterocycles. The van der Waals surface area contributed by atoms with Crippen LogP contribution in [0.4, 0.5) is 0 Å². The monoisotopic (exact) mass is 391 g/mol. The van der Waals surface area contributed by atoms with Gasteiger partial charge in [0.2, 0.25) is 0 Å². The number of benzene rings is 2. The molecule has 1 atom stereocenters. The molecule has 0 aliphatic carbocycles. The molecule has 0 radical (unpaired) electrons. The second kappa shape index (κ2) is 7.56. The summed E-state index contributed by atoms with van der Waals surface area (Å²) in [6.45, 7) is -0.456. The van der Waals surface area contributed by atoms with Crippen LogP contribution in [-0.2, 0) is 19.4 Å². The van der Waals surface area contributed by atoms with Crippen LogP contribution in [0.1, 0.15) is 16.8 Å². The Hall–Kier alpha value is -2.61. The van der Waals surface area contributed by atoms with Crippen molar-refractivity contribution in [2.75, 3.05) is 32.3 Å². The summed E-state index contributed by atoms with van der Waals surface area (Å²) in [5.41, 5.74) is 0.232. The first-order valence-electron chi connectivity index (χ1n) is 8.51. The molecule has 8 heteroatoms. The normalized spacial score (nSPS) is 18.2. The molecule has 0 unspecified atom stereocenters. The van der Waals surface area contributed by atoms with E-state index in [-0.39, 0.29) is 23.1 Å². The Balaban J connectivity index is 1.68. The molecule has 1 aliphatic rings. The number of fused-ring (bicyclic) bond motifs is 1. The van der Waals surface area contributed by atoms with E-state index in [1.807, 2.05) is 24.3 Å². The van der Waals surface area contributed by atoms with E-state index in [1.54, 1.807) is 12.1 Å². The van der Waals surface area contributed by atoms with Crippen LogP contribution in [0, 0.1) is 0 Å². The fourth-order valence-electron chi connectivity index (χ4n) is 3.14. The first kappa shape index (κ1) is 19.2. The second-order valence-corrected chi connectivity index (χ2v) is 8.77. The van der Waals surface area contributed by atoms with E-state index in [1.165, 1.54) is 19.1 Å². The highest BCUT2D eigenvalue weighted by Gasteiger charge is 2.33. The van der Waals surface area contributed by atoms with Gasteiger partial charge in [-0.1, -0.05) is 24.3 Å². The second-order valence-electron chi connectivity index (χ2n) is 6.54. The number of nitrogens with zero attached hydrogens (tertiary/aromatic N) is 1. The predicted octanol–water partition coefficient (Wildman–Crippen LogP) is 1.65. The third kappa shape index (κ3) is 4.21. The zero-order valence-corrected chi connectivity index (χ0v) is 16.0. The van der Waals surface area contributed by atoms with E-state index in [0.717, 1.165) is 10.8 Å². The summed E-state index contributed by atoms with van der Waals surface area (Å²) >= 11 is 0. The van der Waals surface area contributed by atoms with E-state index in [4.69, 9.17) is 9.47 Å². The number of hydrogen-bond acceptors (Lipinski definition) is 6. The molecule has 0 bridgehead atoms. The van der Waals surface area contributed by atoms with Crippen molar-refractivity contribution in [1.82, 2.24) is 4.90 Å². The van der Waals surface area contributed by atoms with Crippen LogP contribution in [-0.4, -0.2) is 63.5 Å². The van der Waals surface area contributed by atoms with Crippen LogP contribution in [0.25, 0.3) is 10.8 Å². The van der Waals surface area contributed by atoms with Gasteiger partial charge in [0.05, 0.1) is 18.6 Å². The highest BCUT2D eigenvalue weighted by atomic mass is 32.2. The summed E-state index contributed by atoms with van der Waals surface area (Å²) in [6, 6.07) is 10.5. The van der Waals surface area contributed by atoms with Gasteiger partial charge in [-0.3, -0.25) is 4.79 Å². The molecule has 0 spiro atoms. The Morgan fingerprint density at radius 2 is 1.85 bits per heavy atom. The summed E-state index contributed by atoms with van der Waals surface area (Å²) < 4.78 is 33.5. The van der Waals surface area contributed by atoms with Crippen molar-refractivity contribution in [3.05, 3.63) is 42.0 Å². The highest BCUT2D eigenvalue weighted by Crippen LogP contribution is 2.26. The summed E-state index contributed by atoms with van der Waals surface area (Å²) in [4.78, 5) is 26.1. The number of rotatable bonds is 5. The van der Waals surface area contributed by atoms with Crippen molar-refractivity contribution in [2.45, 2.75) is 12.5 Å². The molecule has 1 fully saturated rings. The maximum Gasteiger partial charge on any atom is 0.342 e. The van der Waals surface area contributed by atoms with Gasteiger partial charge in [-0.05, 0) is 29.3 Å². The Morgan fingerprint density at radius 1 is 1.19 bits per heavy atom. The Kier molecular flexibility index (Phi) is 5.36. The summed E-state index contributed by atoms with van der Waals surface area (Å²) in [6.07, 6.45) is 0.400. The van der Waals surface area contributed by atoms with Crippen LogP contribution in [0.5, 0.6) is 5.75 Å². The number of amides is 1. The zero-order chi connectivity index (χ0) is 19.6. The van der Waals surface area contributed by atoms with Gasteiger partial charge in [-0.25, -0.2) is 13.2 Å². The minimum atomic E-state index is -3.10. The minimum Gasteiger partial charge on any atom is -0.496 e. The number of carbonyl (C=O) groups is 2. The first-order valence-corrected chi connectivity index (χ1v) is 10.3. The van der Waals surface area contributed by atoms with Crippen LogP contribution in [0.2, 0.25) is 0 Å². The molecule has 0 N–H and O–H groups in total. The van der Waals surface area contributed by atoms with Crippen LogP contribution in [0.15, 0.2) is 36.4 Å². The molecule has 7 nitrogen and oxygen atoms in total. The molecular formula is C19H21NO6S. The van der Waals surface area contributed by atoms with Gasteiger partial charge in [-0.15, -0.1) is 0 Å². The maximum absolute atomic E-state index is 12.5. The van der Waals surface area contributed by atoms with E-state index < -0.39 is 28.3 Å². The molecule has 0 saturated carbocycles. The van der Waals surface area contributed by atoms with Crippen molar-refractivity contribution >= 4 is 32.5 Å². The molecule has 27 heavy (non-hydrogen) atoms. The number of likely N-dealkylation sites (N-methyl/N-ethyl adjacent to an activating group) is 1. The zero-order valence-electron chi connectivity index (χ0n) is 15.2. The van der Waals surface area contributed by atoms with Crippen molar-refractivity contribution in [3.63, 3.8) is 0 Å². The average molecular weight is 391 g/mol. The number of esters is 1. The lowest BCUT2D eigenvalue weighted by molar-refractivity contribution is -0.134. The molecule has 3 rings (SSSR count). The van der Waals surface area contributed by atoms with Crippen LogP contribution >= 0.6 is 0 Å². The summed E-state index contributed by atoms with van der Waals surface area (Å²) in [5, 5.41) is 1.77. The number of methoxy groups -OCH3 is 1. The molecule has 0 aromatic heterocycles. The van der Waals surface area contributed by atoms with Gasteiger partial charge in [0.1, 0.15) is 11.3 Å². The number of ether oxygens (including phenoxy) is 2. The Bertz CT molecular complexity index is 985. The SMILES string of the molecule is COc1cc2ccccc2cc1C(=O)OCC(=O)N(C)[C@@H]1CCS(=O)(=O)C1. The Morgan fingerprint density at radius 3 is 2.44 bits per heavy atom. The predicted molar refractivity (Wildman–Crippen MR) is 101 cm³/mol. The largest absolute Gasteiger partial charge is 0.496 e. The third-order valence-corrected chi connectivity index (χ3v) is 6.51. The van der Waals surface area contributed by atoms with E-state index >= 15 is 0 Å². The van der Waals surface area contributed by atoms with Gasteiger partial charge in [0.15, 0.2) is 16.4 Å². The average Bonchev–Trinajstić information content (AvgIpc) is 3.03.